The lowest BCUT2D eigenvalue weighted by molar-refractivity contribution is 0.0996. The fourth-order valence-corrected chi connectivity index (χ4v) is 2.03. The molecule has 0 aromatic carbocycles. The van der Waals surface area contributed by atoms with Crippen LogP contribution in [0.3, 0.4) is 0 Å². The Morgan fingerprint density at radius 1 is 1.28 bits per heavy atom. The van der Waals surface area contributed by atoms with E-state index >= 15 is 0 Å². The van der Waals surface area contributed by atoms with Gasteiger partial charge in [0, 0.05) is 11.6 Å². The summed E-state index contributed by atoms with van der Waals surface area (Å²) in [5, 5.41) is 3.29. The lowest BCUT2D eigenvalue weighted by atomic mass is 9.94. The maximum Gasteiger partial charge on any atom is 0.269 e. The first kappa shape index (κ1) is 17.0. The van der Waals surface area contributed by atoms with Crippen molar-refractivity contribution in [3.05, 3.63) is 23.5 Å². The predicted molar refractivity (Wildman–Crippen MR) is 76.5 cm³/mol. The van der Waals surface area contributed by atoms with Crippen LogP contribution in [0.5, 0.6) is 0 Å². The molecule has 2 rings (SSSR count). The second kappa shape index (κ2) is 7.41. The second-order valence-electron chi connectivity index (χ2n) is 4.06. The van der Waals surface area contributed by atoms with Crippen LogP contribution in [0.15, 0.2) is 12.1 Å². The number of aromatic nitrogens is 1. The molecule has 7 heteroatoms. The molecule has 102 valence electrons. The largest absolute Gasteiger partial charge is 0.397 e. The van der Waals surface area contributed by atoms with Crippen LogP contribution in [-0.4, -0.2) is 24.0 Å². The van der Waals surface area contributed by atoms with E-state index in [0.717, 1.165) is 31.6 Å². The molecule has 0 saturated carbocycles. The summed E-state index contributed by atoms with van der Waals surface area (Å²) in [6, 6.07) is 3.60. The van der Waals surface area contributed by atoms with E-state index in [1.165, 1.54) is 0 Å². The van der Waals surface area contributed by atoms with Gasteiger partial charge in [-0.3, -0.25) is 4.79 Å². The maximum atomic E-state index is 11.1. The molecular formula is C11H18Cl2N4O. The first-order valence-electron chi connectivity index (χ1n) is 5.45. The number of rotatable bonds is 2. The van der Waals surface area contributed by atoms with E-state index in [4.69, 9.17) is 11.5 Å². The SMILES string of the molecule is Cl.Cl.NC(=O)c1nc(C2CCNCC2)ccc1N. The summed E-state index contributed by atoms with van der Waals surface area (Å²) in [6.45, 7) is 1.98. The van der Waals surface area contributed by atoms with Gasteiger partial charge in [-0.15, -0.1) is 24.8 Å². The van der Waals surface area contributed by atoms with Gasteiger partial charge in [0.1, 0.15) is 0 Å². The van der Waals surface area contributed by atoms with Gasteiger partial charge < -0.3 is 16.8 Å². The number of hydrogen-bond donors (Lipinski definition) is 3. The number of nitrogens with one attached hydrogen (secondary N) is 1. The van der Waals surface area contributed by atoms with Gasteiger partial charge in [0.2, 0.25) is 0 Å². The fraction of sp³-hybridized carbons (Fsp3) is 0.455. The third-order valence-corrected chi connectivity index (χ3v) is 2.94. The molecule has 1 saturated heterocycles. The van der Waals surface area contributed by atoms with Crippen molar-refractivity contribution in [2.75, 3.05) is 18.8 Å². The topological polar surface area (TPSA) is 94.0 Å². The molecule has 1 aromatic heterocycles. The van der Waals surface area contributed by atoms with E-state index < -0.39 is 5.91 Å². The molecule has 1 aromatic rings. The Bertz CT molecular complexity index is 408. The Morgan fingerprint density at radius 3 is 2.44 bits per heavy atom. The Morgan fingerprint density at radius 2 is 1.89 bits per heavy atom. The molecule has 0 bridgehead atoms. The van der Waals surface area contributed by atoms with Gasteiger partial charge in [-0.1, -0.05) is 0 Å². The molecule has 0 unspecified atom stereocenters. The molecule has 0 radical (unpaired) electrons. The Balaban J connectivity index is 0.00000144. The van der Waals surface area contributed by atoms with Crippen molar-refractivity contribution in [1.82, 2.24) is 10.3 Å². The van der Waals surface area contributed by atoms with Crippen LogP contribution in [0.1, 0.15) is 34.9 Å². The molecule has 0 aliphatic carbocycles. The van der Waals surface area contributed by atoms with E-state index in [1.54, 1.807) is 6.07 Å². The van der Waals surface area contributed by atoms with E-state index in [-0.39, 0.29) is 30.5 Å². The number of nitrogen functional groups attached to an aromatic ring is 1. The Labute approximate surface area is 119 Å². The average Bonchev–Trinajstić information content (AvgIpc) is 2.30. The molecule has 1 aliphatic rings. The van der Waals surface area contributed by atoms with Crippen molar-refractivity contribution >= 4 is 36.4 Å². The number of halogens is 2. The van der Waals surface area contributed by atoms with Gasteiger partial charge in [0.05, 0.1) is 5.69 Å². The standard InChI is InChI=1S/C11H16N4O.2ClH/c12-8-1-2-9(15-10(8)11(13)16)7-3-5-14-6-4-7;;/h1-2,7,14H,3-6,12H2,(H2,13,16);2*1H. The summed E-state index contributed by atoms with van der Waals surface area (Å²) in [7, 11) is 0. The monoisotopic (exact) mass is 292 g/mol. The number of piperidine rings is 1. The molecular weight excluding hydrogens is 275 g/mol. The molecule has 0 spiro atoms. The quantitative estimate of drug-likeness (QED) is 0.760. The van der Waals surface area contributed by atoms with E-state index in [1.807, 2.05) is 6.07 Å². The van der Waals surface area contributed by atoms with Crippen LogP contribution >= 0.6 is 24.8 Å². The van der Waals surface area contributed by atoms with Gasteiger partial charge >= 0.3 is 0 Å². The van der Waals surface area contributed by atoms with Gasteiger partial charge in [-0.25, -0.2) is 4.98 Å². The number of anilines is 1. The number of nitrogens with zero attached hydrogens (tertiary/aromatic N) is 1. The van der Waals surface area contributed by atoms with Gasteiger partial charge in [0.25, 0.3) is 5.91 Å². The third-order valence-electron chi connectivity index (χ3n) is 2.94. The summed E-state index contributed by atoms with van der Waals surface area (Å²) < 4.78 is 0. The zero-order valence-electron chi connectivity index (χ0n) is 9.89. The van der Waals surface area contributed by atoms with Crippen molar-refractivity contribution in [3.63, 3.8) is 0 Å². The first-order valence-corrected chi connectivity index (χ1v) is 5.45. The average molecular weight is 293 g/mol. The van der Waals surface area contributed by atoms with Gasteiger partial charge in [0.15, 0.2) is 5.69 Å². The highest BCUT2D eigenvalue weighted by atomic mass is 35.5. The van der Waals surface area contributed by atoms with Crippen LogP contribution in [-0.2, 0) is 0 Å². The highest BCUT2D eigenvalue weighted by Crippen LogP contribution is 2.24. The van der Waals surface area contributed by atoms with Gasteiger partial charge in [-0.05, 0) is 38.1 Å². The van der Waals surface area contributed by atoms with Crippen molar-refractivity contribution in [2.24, 2.45) is 5.73 Å². The lowest BCUT2D eigenvalue weighted by Crippen LogP contribution is -2.27. The molecule has 1 aliphatic heterocycles. The number of nitrogens with two attached hydrogens (primary N) is 2. The maximum absolute atomic E-state index is 11.1. The molecule has 0 atom stereocenters. The number of carbonyl (C=O) groups excluding carboxylic acids is 1. The first-order chi connectivity index (χ1) is 7.68. The minimum Gasteiger partial charge on any atom is -0.397 e. The lowest BCUT2D eigenvalue weighted by Gasteiger charge is -2.22. The van der Waals surface area contributed by atoms with Crippen molar-refractivity contribution in [1.29, 1.82) is 0 Å². The molecule has 1 amide bonds. The van der Waals surface area contributed by atoms with E-state index in [9.17, 15) is 4.79 Å². The van der Waals surface area contributed by atoms with Crippen LogP contribution < -0.4 is 16.8 Å². The van der Waals surface area contributed by atoms with E-state index in [0.29, 0.717) is 11.6 Å². The molecule has 1 fully saturated rings. The van der Waals surface area contributed by atoms with Crippen LogP contribution in [0.2, 0.25) is 0 Å². The predicted octanol–water partition coefficient (Wildman–Crippen LogP) is 1.07. The molecule has 2 heterocycles. The summed E-state index contributed by atoms with van der Waals surface area (Å²) in [6.07, 6.45) is 2.07. The molecule has 5 N–H and O–H groups in total. The van der Waals surface area contributed by atoms with Crippen LogP contribution in [0.4, 0.5) is 5.69 Å². The Kier molecular flexibility index (Phi) is 6.98. The second-order valence-corrected chi connectivity index (χ2v) is 4.06. The summed E-state index contributed by atoms with van der Waals surface area (Å²) in [4.78, 5) is 15.4. The number of amides is 1. The van der Waals surface area contributed by atoms with E-state index in [2.05, 4.69) is 10.3 Å². The Hall–Kier alpha value is -1.04. The van der Waals surface area contributed by atoms with Crippen molar-refractivity contribution in [2.45, 2.75) is 18.8 Å². The molecule has 18 heavy (non-hydrogen) atoms. The minimum absolute atomic E-state index is 0. The zero-order chi connectivity index (χ0) is 11.5. The van der Waals surface area contributed by atoms with Crippen LogP contribution in [0.25, 0.3) is 0 Å². The number of pyridine rings is 1. The fourth-order valence-electron chi connectivity index (χ4n) is 2.03. The number of hydrogen-bond acceptors (Lipinski definition) is 4. The minimum atomic E-state index is -0.562. The smallest absolute Gasteiger partial charge is 0.269 e. The number of carbonyl (C=O) groups is 1. The number of primary amides is 1. The van der Waals surface area contributed by atoms with Gasteiger partial charge in [-0.2, -0.15) is 0 Å². The summed E-state index contributed by atoms with van der Waals surface area (Å²) in [5.41, 5.74) is 12.3. The summed E-state index contributed by atoms with van der Waals surface area (Å²) in [5.74, 6) is -0.159. The normalized spacial score (nSPS) is 15.3. The zero-order valence-corrected chi connectivity index (χ0v) is 11.5. The third kappa shape index (κ3) is 3.73. The van der Waals surface area contributed by atoms with Crippen LogP contribution in [0, 0.1) is 0 Å². The molecule has 5 nitrogen and oxygen atoms in total. The van der Waals surface area contributed by atoms with Crippen molar-refractivity contribution in [3.8, 4) is 0 Å². The highest BCUT2D eigenvalue weighted by molar-refractivity contribution is 5.95. The summed E-state index contributed by atoms with van der Waals surface area (Å²) >= 11 is 0. The van der Waals surface area contributed by atoms with Crippen molar-refractivity contribution < 1.29 is 4.79 Å². The highest BCUT2D eigenvalue weighted by Gasteiger charge is 2.18.